The van der Waals surface area contributed by atoms with Crippen molar-refractivity contribution < 1.29 is 14.3 Å². The molecule has 7 heteroatoms. The number of nitrogens with two attached hydrogens (primary N) is 1. The van der Waals surface area contributed by atoms with E-state index in [2.05, 4.69) is 5.32 Å². The van der Waals surface area contributed by atoms with Crippen LogP contribution in [0.1, 0.15) is 18.5 Å². The number of ether oxygens (including phenoxy) is 1. The number of benzene rings is 2. The summed E-state index contributed by atoms with van der Waals surface area (Å²) in [4.78, 5) is 25.8. The zero-order valence-electron chi connectivity index (χ0n) is 14.3. The third-order valence-electron chi connectivity index (χ3n) is 4.32. The van der Waals surface area contributed by atoms with Gasteiger partial charge in [0, 0.05) is 11.1 Å². The monoisotopic (exact) mass is 373 g/mol. The van der Waals surface area contributed by atoms with Crippen LogP contribution < -0.4 is 20.7 Å². The topological polar surface area (TPSA) is 84.7 Å². The van der Waals surface area contributed by atoms with Gasteiger partial charge in [-0.2, -0.15) is 0 Å². The highest BCUT2D eigenvalue weighted by Crippen LogP contribution is 2.33. The summed E-state index contributed by atoms with van der Waals surface area (Å²) in [6, 6.07) is 14.5. The first-order valence-corrected chi connectivity index (χ1v) is 8.67. The van der Waals surface area contributed by atoms with Gasteiger partial charge in [-0.3, -0.25) is 9.59 Å². The molecule has 2 aromatic carbocycles. The van der Waals surface area contributed by atoms with Gasteiger partial charge in [0.1, 0.15) is 5.75 Å². The summed E-state index contributed by atoms with van der Waals surface area (Å²) in [5.74, 6) is -0.283. The molecular weight excluding hydrogens is 354 g/mol. The van der Waals surface area contributed by atoms with Crippen molar-refractivity contribution in [2.75, 3.05) is 18.0 Å². The second-order valence-corrected chi connectivity index (χ2v) is 6.57. The smallest absolute Gasteiger partial charge is 0.260 e. The van der Waals surface area contributed by atoms with Gasteiger partial charge in [0.15, 0.2) is 6.10 Å². The SMILES string of the molecule is C[C@H](NCC(=O)N1C[C@@H](C(N)=O)Oc2ccccc21)c1ccc(Cl)cc1. The minimum absolute atomic E-state index is 0.0283. The average Bonchev–Trinajstić information content (AvgIpc) is 2.65. The van der Waals surface area contributed by atoms with E-state index in [1.165, 1.54) is 4.90 Å². The van der Waals surface area contributed by atoms with Crippen LogP contribution in [0.3, 0.4) is 0 Å². The molecule has 3 N–H and O–H groups in total. The fourth-order valence-electron chi connectivity index (χ4n) is 2.82. The molecule has 0 aliphatic carbocycles. The molecule has 2 atom stereocenters. The Morgan fingerprint density at radius 3 is 2.65 bits per heavy atom. The molecule has 2 aromatic rings. The summed E-state index contributed by atoms with van der Waals surface area (Å²) in [6.45, 7) is 2.18. The molecule has 1 aliphatic rings. The van der Waals surface area contributed by atoms with Crippen LogP contribution in [-0.4, -0.2) is 31.0 Å². The van der Waals surface area contributed by atoms with Crippen LogP contribution in [0, 0.1) is 0 Å². The summed E-state index contributed by atoms with van der Waals surface area (Å²) in [6.07, 6.45) is -0.859. The van der Waals surface area contributed by atoms with E-state index in [1.807, 2.05) is 37.3 Å². The molecule has 1 aliphatic heterocycles. The molecule has 0 spiro atoms. The van der Waals surface area contributed by atoms with E-state index in [0.29, 0.717) is 16.5 Å². The van der Waals surface area contributed by atoms with Crippen molar-refractivity contribution in [2.45, 2.75) is 19.1 Å². The molecule has 26 heavy (non-hydrogen) atoms. The molecule has 0 saturated heterocycles. The Kier molecular flexibility index (Phi) is 5.44. The molecule has 0 unspecified atom stereocenters. The van der Waals surface area contributed by atoms with Gasteiger partial charge in [-0.05, 0) is 36.8 Å². The lowest BCUT2D eigenvalue weighted by molar-refractivity contribution is -0.125. The van der Waals surface area contributed by atoms with Gasteiger partial charge in [-0.25, -0.2) is 0 Å². The van der Waals surface area contributed by atoms with E-state index in [4.69, 9.17) is 22.1 Å². The van der Waals surface area contributed by atoms with Gasteiger partial charge in [-0.15, -0.1) is 0 Å². The van der Waals surface area contributed by atoms with E-state index in [0.717, 1.165) is 5.56 Å². The first-order valence-electron chi connectivity index (χ1n) is 8.30. The zero-order valence-corrected chi connectivity index (χ0v) is 15.1. The second-order valence-electron chi connectivity index (χ2n) is 6.14. The number of anilines is 1. The van der Waals surface area contributed by atoms with Gasteiger partial charge in [0.2, 0.25) is 5.91 Å². The highest BCUT2D eigenvalue weighted by atomic mass is 35.5. The summed E-state index contributed by atoms with van der Waals surface area (Å²) in [7, 11) is 0. The Hall–Kier alpha value is -2.57. The van der Waals surface area contributed by atoms with Crippen LogP contribution >= 0.6 is 11.6 Å². The van der Waals surface area contributed by atoms with Crippen molar-refractivity contribution in [1.29, 1.82) is 0 Å². The summed E-state index contributed by atoms with van der Waals surface area (Å²) >= 11 is 5.90. The molecule has 0 radical (unpaired) electrons. The molecule has 0 saturated carbocycles. The van der Waals surface area contributed by atoms with Gasteiger partial charge < -0.3 is 20.7 Å². The second kappa shape index (κ2) is 7.76. The number of hydrogen-bond acceptors (Lipinski definition) is 4. The maximum absolute atomic E-state index is 12.8. The predicted molar refractivity (Wildman–Crippen MR) is 100 cm³/mol. The summed E-state index contributed by atoms with van der Waals surface area (Å²) in [5.41, 5.74) is 7.03. The fraction of sp³-hybridized carbons (Fsp3) is 0.263. The van der Waals surface area contributed by atoms with Crippen LogP contribution in [0.4, 0.5) is 5.69 Å². The van der Waals surface area contributed by atoms with Crippen molar-refractivity contribution in [2.24, 2.45) is 5.73 Å². The Morgan fingerprint density at radius 2 is 1.96 bits per heavy atom. The normalized spacial score (nSPS) is 17.2. The minimum atomic E-state index is -0.859. The van der Waals surface area contributed by atoms with E-state index < -0.39 is 12.0 Å². The number of amides is 2. The van der Waals surface area contributed by atoms with Gasteiger partial charge in [0.05, 0.1) is 18.8 Å². The Labute approximate surface area is 156 Å². The fourth-order valence-corrected chi connectivity index (χ4v) is 2.95. The summed E-state index contributed by atoms with van der Waals surface area (Å²) in [5, 5.41) is 3.87. The number of fused-ring (bicyclic) bond motifs is 1. The molecule has 1 heterocycles. The molecule has 0 aromatic heterocycles. The number of carbonyl (C=O) groups excluding carboxylic acids is 2. The minimum Gasteiger partial charge on any atom is -0.477 e. The largest absolute Gasteiger partial charge is 0.477 e. The van der Waals surface area contributed by atoms with Crippen molar-refractivity contribution in [3.63, 3.8) is 0 Å². The number of hydrogen-bond donors (Lipinski definition) is 2. The van der Waals surface area contributed by atoms with Crippen molar-refractivity contribution in [3.8, 4) is 5.75 Å². The number of carbonyl (C=O) groups is 2. The molecule has 0 fully saturated rings. The van der Waals surface area contributed by atoms with Crippen molar-refractivity contribution in [3.05, 3.63) is 59.1 Å². The van der Waals surface area contributed by atoms with E-state index in [-0.39, 0.29) is 25.0 Å². The maximum atomic E-state index is 12.8. The first-order chi connectivity index (χ1) is 12.5. The zero-order chi connectivity index (χ0) is 18.7. The van der Waals surface area contributed by atoms with E-state index in [1.54, 1.807) is 18.2 Å². The standard InChI is InChI=1S/C19H20ClN3O3/c1-12(13-6-8-14(20)9-7-13)22-10-18(24)23-11-17(19(21)25)26-16-5-3-2-4-15(16)23/h2-9,12,17,22H,10-11H2,1H3,(H2,21,25)/t12-,17-/m0/s1. The maximum Gasteiger partial charge on any atom is 0.260 e. The Balaban J connectivity index is 1.70. The third kappa shape index (κ3) is 3.98. The lowest BCUT2D eigenvalue weighted by Crippen LogP contribution is -2.51. The van der Waals surface area contributed by atoms with E-state index >= 15 is 0 Å². The molecular formula is C19H20ClN3O3. The van der Waals surface area contributed by atoms with Crippen LogP contribution in [0.15, 0.2) is 48.5 Å². The van der Waals surface area contributed by atoms with E-state index in [9.17, 15) is 9.59 Å². The highest BCUT2D eigenvalue weighted by molar-refractivity contribution is 6.30. The van der Waals surface area contributed by atoms with Crippen molar-refractivity contribution in [1.82, 2.24) is 5.32 Å². The highest BCUT2D eigenvalue weighted by Gasteiger charge is 2.32. The van der Waals surface area contributed by atoms with Crippen LogP contribution in [0.5, 0.6) is 5.75 Å². The lowest BCUT2D eigenvalue weighted by atomic mass is 10.1. The number of nitrogens with one attached hydrogen (secondary N) is 1. The van der Waals surface area contributed by atoms with Gasteiger partial charge in [-0.1, -0.05) is 35.9 Å². The molecule has 2 amide bonds. The van der Waals surface area contributed by atoms with Crippen LogP contribution in [0.2, 0.25) is 5.02 Å². The predicted octanol–water partition coefficient (Wildman–Crippen LogP) is 2.27. The quantitative estimate of drug-likeness (QED) is 0.842. The molecule has 136 valence electrons. The van der Waals surface area contributed by atoms with Gasteiger partial charge >= 0.3 is 0 Å². The molecule has 0 bridgehead atoms. The lowest BCUT2D eigenvalue weighted by Gasteiger charge is -2.33. The van der Waals surface area contributed by atoms with Crippen molar-refractivity contribution >= 4 is 29.1 Å². The number of rotatable bonds is 5. The molecule has 6 nitrogen and oxygen atoms in total. The number of primary amides is 1. The summed E-state index contributed by atoms with van der Waals surface area (Å²) < 4.78 is 5.58. The first kappa shape index (κ1) is 18.2. The van der Waals surface area contributed by atoms with Crippen LogP contribution in [-0.2, 0) is 9.59 Å². The van der Waals surface area contributed by atoms with Gasteiger partial charge in [0.25, 0.3) is 5.91 Å². The molecule has 3 rings (SSSR count). The average molecular weight is 374 g/mol. The Morgan fingerprint density at radius 1 is 1.27 bits per heavy atom. The number of halogens is 1. The van der Waals surface area contributed by atoms with Crippen LogP contribution in [0.25, 0.3) is 0 Å². The number of para-hydroxylation sites is 2. The third-order valence-corrected chi connectivity index (χ3v) is 4.57. The number of nitrogens with zero attached hydrogens (tertiary/aromatic N) is 1. The Bertz CT molecular complexity index is 810.